The number of aromatic nitrogens is 4. The van der Waals surface area contributed by atoms with Crippen molar-refractivity contribution < 1.29 is 14.3 Å². The number of hydrogen-bond donors (Lipinski definition) is 2. The lowest BCUT2D eigenvalue weighted by Gasteiger charge is -2.29. The largest absolute Gasteiger partial charge is 0.392 e. The van der Waals surface area contributed by atoms with Crippen molar-refractivity contribution in [2.24, 2.45) is 7.05 Å². The number of amides is 1. The number of halogens is 2. The lowest BCUT2D eigenvalue weighted by atomic mass is 10.1. The first-order valence-electron chi connectivity index (χ1n) is 10.7. The van der Waals surface area contributed by atoms with Crippen LogP contribution in [0.1, 0.15) is 21.6 Å². The van der Waals surface area contributed by atoms with Gasteiger partial charge >= 0.3 is 0 Å². The molecule has 1 aromatic carbocycles. The Morgan fingerprint density at radius 2 is 2.03 bits per heavy atom. The maximum absolute atomic E-state index is 13.5. The first-order chi connectivity index (χ1) is 16.4. The number of aliphatic hydroxyl groups is 1. The van der Waals surface area contributed by atoms with E-state index in [4.69, 9.17) is 11.6 Å². The zero-order valence-electron chi connectivity index (χ0n) is 18.4. The summed E-state index contributed by atoms with van der Waals surface area (Å²) >= 11 is 6.46. The minimum absolute atomic E-state index is 0.135. The van der Waals surface area contributed by atoms with E-state index in [1.165, 1.54) is 12.1 Å². The minimum atomic E-state index is -0.414. The van der Waals surface area contributed by atoms with Gasteiger partial charge in [-0.3, -0.25) is 9.48 Å². The molecule has 4 aromatic rings. The van der Waals surface area contributed by atoms with Crippen LogP contribution in [0.4, 0.5) is 16.0 Å². The zero-order valence-corrected chi connectivity index (χ0v) is 19.1. The van der Waals surface area contributed by atoms with Gasteiger partial charge in [-0.2, -0.15) is 5.10 Å². The molecule has 2 N–H and O–H groups in total. The molecule has 0 fully saturated rings. The molecule has 10 heteroatoms. The number of anilines is 2. The quantitative estimate of drug-likeness (QED) is 0.436. The van der Waals surface area contributed by atoms with E-state index in [1.807, 2.05) is 36.0 Å². The number of carbonyl (C=O) groups is 1. The van der Waals surface area contributed by atoms with Crippen LogP contribution in [0.25, 0.3) is 11.1 Å². The Labute approximate surface area is 200 Å². The second kappa shape index (κ2) is 8.92. The second-order valence-electron chi connectivity index (χ2n) is 8.12. The molecule has 0 radical (unpaired) electrons. The molecule has 4 heterocycles. The smallest absolute Gasteiger partial charge is 0.270 e. The van der Waals surface area contributed by atoms with Crippen molar-refractivity contribution in [3.8, 4) is 11.1 Å². The average molecular weight is 481 g/mol. The Hall–Kier alpha value is -3.69. The lowest BCUT2D eigenvalue weighted by molar-refractivity contribution is 0.0689. The molecule has 34 heavy (non-hydrogen) atoms. The maximum Gasteiger partial charge on any atom is 0.270 e. The van der Waals surface area contributed by atoms with E-state index in [0.717, 1.165) is 22.5 Å². The van der Waals surface area contributed by atoms with Gasteiger partial charge in [-0.15, -0.1) is 0 Å². The molecule has 8 nitrogen and oxygen atoms in total. The molecule has 0 spiro atoms. The molecule has 174 valence electrons. The Kier molecular flexibility index (Phi) is 5.80. The number of carbonyl (C=O) groups excluding carboxylic acids is 1. The van der Waals surface area contributed by atoms with Crippen molar-refractivity contribution in [3.05, 3.63) is 82.6 Å². The fraction of sp³-hybridized carbons (Fsp3) is 0.208. The molecular formula is C24H22ClFN6O2. The van der Waals surface area contributed by atoms with Crippen LogP contribution >= 0.6 is 11.6 Å². The summed E-state index contributed by atoms with van der Waals surface area (Å²) in [5, 5.41) is 17.4. The van der Waals surface area contributed by atoms with Crippen molar-refractivity contribution in [2.45, 2.75) is 19.7 Å². The normalized spacial score (nSPS) is 13.3. The number of aryl methyl sites for hydroxylation is 1. The fourth-order valence-corrected chi connectivity index (χ4v) is 4.33. The molecule has 5 rings (SSSR count). The summed E-state index contributed by atoms with van der Waals surface area (Å²) in [7, 11) is 1.83. The fourth-order valence-electron chi connectivity index (χ4n) is 4.12. The van der Waals surface area contributed by atoms with Gasteiger partial charge in [0.1, 0.15) is 23.1 Å². The first-order valence-corrected chi connectivity index (χ1v) is 11.1. The number of rotatable bonds is 6. The van der Waals surface area contributed by atoms with Gasteiger partial charge in [0, 0.05) is 56.3 Å². The molecule has 1 amide bonds. The molecule has 1 aliphatic rings. The third kappa shape index (κ3) is 4.15. The number of aliphatic hydroxyl groups excluding tert-OH is 1. The Bertz CT molecular complexity index is 1380. The highest BCUT2D eigenvalue weighted by Crippen LogP contribution is 2.33. The molecule has 0 unspecified atom stereocenters. The third-order valence-electron chi connectivity index (χ3n) is 5.96. The van der Waals surface area contributed by atoms with Crippen LogP contribution in [0.3, 0.4) is 0 Å². The van der Waals surface area contributed by atoms with Crippen LogP contribution in [0.15, 0.2) is 55.0 Å². The van der Waals surface area contributed by atoms with Crippen LogP contribution in [-0.2, 0) is 26.7 Å². The highest BCUT2D eigenvalue weighted by Gasteiger charge is 2.26. The highest BCUT2D eigenvalue weighted by atomic mass is 35.5. The Morgan fingerprint density at radius 3 is 2.79 bits per heavy atom. The molecule has 1 aliphatic heterocycles. The van der Waals surface area contributed by atoms with E-state index < -0.39 is 5.82 Å². The summed E-state index contributed by atoms with van der Waals surface area (Å²) in [4.78, 5) is 19.3. The maximum atomic E-state index is 13.5. The van der Waals surface area contributed by atoms with E-state index in [0.29, 0.717) is 41.7 Å². The average Bonchev–Trinajstić information content (AvgIpc) is 3.44. The standard InChI is InChI=1S/C24H22ClFN6O2/c1-30-23(4-5-28-30)29-22-10-19(20(25)11-27-22)16-9-21-24(34)32(7-6-31(21)13-16)12-15-2-3-18(26)8-17(15)14-33/h2-5,8-11,13,33H,6-7,12,14H2,1H3,(H,27,29). The van der Waals surface area contributed by atoms with Crippen molar-refractivity contribution in [1.82, 2.24) is 24.2 Å². The van der Waals surface area contributed by atoms with Gasteiger partial charge in [0.25, 0.3) is 5.91 Å². The summed E-state index contributed by atoms with van der Waals surface area (Å²) < 4.78 is 17.1. The molecule has 0 saturated heterocycles. The number of nitrogens with zero attached hydrogens (tertiary/aromatic N) is 5. The zero-order chi connectivity index (χ0) is 23.8. The van der Waals surface area contributed by atoms with E-state index >= 15 is 0 Å². The summed E-state index contributed by atoms with van der Waals surface area (Å²) in [5.74, 6) is 0.839. The first kappa shape index (κ1) is 22.1. The van der Waals surface area contributed by atoms with Gasteiger partial charge < -0.3 is 19.9 Å². The molecule has 3 aromatic heterocycles. The van der Waals surface area contributed by atoms with Crippen molar-refractivity contribution in [1.29, 1.82) is 0 Å². The molecule has 0 aliphatic carbocycles. The number of fused-ring (bicyclic) bond motifs is 1. The Balaban J connectivity index is 1.41. The summed E-state index contributed by atoms with van der Waals surface area (Å²) in [6.07, 6.45) is 5.18. The third-order valence-corrected chi connectivity index (χ3v) is 6.26. The minimum Gasteiger partial charge on any atom is -0.392 e. The van der Waals surface area contributed by atoms with Crippen LogP contribution < -0.4 is 5.32 Å². The van der Waals surface area contributed by atoms with Crippen molar-refractivity contribution in [2.75, 3.05) is 11.9 Å². The second-order valence-corrected chi connectivity index (χ2v) is 8.53. The van der Waals surface area contributed by atoms with Crippen LogP contribution in [-0.4, -0.2) is 41.8 Å². The van der Waals surface area contributed by atoms with E-state index in [-0.39, 0.29) is 12.5 Å². The van der Waals surface area contributed by atoms with Gasteiger partial charge in [0.05, 0.1) is 17.8 Å². The molecular weight excluding hydrogens is 459 g/mol. The van der Waals surface area contributed by atoms with E-state index in [2.05, 4.69) is 15.4 Å². The Morgan fingerprint density at radius 1 is 1.18 bits per heavy atom. The predicted octanol–water partition coefficient (Wildman–Crippen LogP) is 3.97. The van der Waals surface area contributed by atoms with Gasteiger partial charge in [-0.1, -0.05) is 17.7 Å². The highest BCUT2D eigenvalue weighted by molar-refractivity contribution is 6.33. The van der Waals surface area contributed by atoms with Crippen LogP contribution in [0.2, 0.25) is 5.02 Å². The molecule has 0 atom stereocenters. The summed E-state index contributed by atoms with van der Waals surface area (Å²) in [5.41, 5.74) is 3.31. The van der Waals surface area contributed by atoms with Gasteiger partial charge in [-0.25, -0.2) is 9.37 Å². The summed E-state index contributed by atoms with van der Waals surface area (Å²) in [6.45, 7) is 1.12. The van der Waals surface area contributed by atoms with Crippen molar-refractivity contribution >= 4 is 29.1 Å². The van der Waals surface area contributed by atoms with Gasteiger partial charge in [0.15, 0.2) is 0 Å². The van der Waals surface area contributed by atoms with E-state index in [9.17, 15) is 14.3 Å². The van der Waals surface area contributed by atoms with Crippen molar-refractivity contribution in [3.63, 3.8) is 0 Å². The number of pyridine rings is 1. The monoisotopic (exact) mass is 480 g/mol. The molecule has 0 saturated carbocycles. The van der Waals surface area contributed by atoms with Gasteiger partial charge in [0.2, 0.25) is 0 Å². The number of hydrogen-bond acceptors (Lipinski definition) is 5. The number of nitrogens with one attached hydrogen (secondary N) is 1. The lowest BCUT2D eigenvalue weighted by Crippen LogP contribution is -2.39. The van der Waals surface area contributed by atoms with Crippen LogP contribution in [0, 0.1) is 5.82 Å². The van der Waals surface area contributed by atoms with Gasteiger partial charge in [-0.05, 0) is 35.4 Å². The van der Waals surface area contributed by atoms with Crippen LogP contribution in [0.5, 0.6) is 0 Å². The molecule has 0 bridgehead atoms. The topological polar surface area (TPSA) is 88.2 Å². The predicted molar refractivity (Wildman–Crippen MR) is 126 cm³/mol. The number of benzene rings is 1. The van der Waals surface area contributed by atoms with E-state index in [1.54, 1.807) is 28.0 Å². The summed E-state index contributed by atoms with van der Waals surface area (Å²) in [6, 6.07) is 9.75. The SMILES string of the molecule is Cn1nccc1Nc1cc(-c2cc3n(c2)CCN(Cc2ccc(F)cc2CO)C3=O)c(Cl)cn1.